The summed E-state index contributed by atoms with van der Waals surface area (Å²) in [5.74, 6) is 0. The number of carbonyl (C=O) groups is 1. The van der Waals surface area contributed by atoms with Crippen LogP contribution >= 0.6 is 0 Å². The Morgan fingerprint density at radius 3 is 2.67 bits per heavy atom. The number of carbonyl (C=O) groups excluding carboxylic acids is 1. The molecular weight excluding hydrogens is 264 g/mol. The number of hydrogen-bond acceptors (Lipinski definition) is 3. The van der Waals surface area contributed by atoms with E-state index in [9.17, 15) is 4.79 Å². The number of nitrogens with one attached hydrogen (secondary N) is 2. The number of fused-ring (bicyclic) bond motifs is 1. The highest BCUT2D eigenvalue weighted by molar-refractivity contribution is 5.67. The molecule has 0 spiro atoms. The molecule has 1 aliphatic rings. The van der Waals surface area contributed by atoms with Gasteiger partial charge >= 0.3 is 6.09 Å². The molecule has 0 radical (unpaired) electrons. The molecule has 1 atom stereocenters. The lowest BCUT2D eigenvalue weighted by Gasteiger charge is -2.25. The van der Waals surface area contributed by atoms with Crippen molar-refractivity contribution in [2.75, 3.05) is 13.1 Å². The molecule has 4 heteroatoms. The van der Waals surface area contributed by atoms with Crippen molar-refractivity contribution in [1.82, 2.24) is 10.6 Å². The number of alkyl carbamates (subject to hydrolysis) is 1. The Hall–Kier alpha value is -1.55. The van der Waals surface area contributed by atoms with Gasteiger partial charge in [0.25, 0.3) is 0 Å². The van der Waals surface area contributed by atoms with Gasteiger partial charge in [-0.3, -0.25) is 0 Å². The van der Waals surface area contributed by atoms with Crippen LogP contribution in [0.5, 0.6) is 0 Å². The maximum atomic E-state index is 11.5. The van der Waals surface area contributed by atoms with E-state index < -0.39 is 5.60 Å². The number of benzene rings is 1. The summed E-state index contributed by atoms with van der Waals surface area (Å²) >= 11 is 0. The Labute approximate surface area is 127 Å². The second-order valence-corrected chi connectivity index (χ2v) is 6.59. The van der Waals surface area contributed by atoms with Gasteiger partial charge in [-0.2, -0.15) is 0 Å². The number of aryl methyl sites for hydroxylation is 1. The summed E-state index contributed by atoms with van der Waals surface area (Å²) < 4.78 is 5.20. The molecule has 1 aromatic rings. The second-order valence-electron chi connectivity index (χ2n) is 6.59. The van der Waals surface area contributed by atoms with E-state index in [-0.39, 0.29) is 6.09 Å². The van der Waals surface area contributed by atoms with Gasteiger partial charge in [0, 0.05) is 19.1 Å². The molecule has 0 bridgehead atoms. The first-order valence-corrected chi connectivity index (χ1v) is 7.71. The molecule has 0 aromatic heterocycles. The lowest BCUT2D eigenvalue weighted by Crippen LogP contribution is -2.41. The molecule has 0 aliphatic heterocycles. The van der Waals surface area contributed by atoms with E-state index >= 15 is 0 Å². The van der Waals surface area contributed by atoms with Crippen LogP contribution in [0.3, 0.4) is 0 Å². The topological polar surface area (TPSA) is 50.4 Å². The molecule has 0 saturated heterocycles. The number of hydrogen-bond donors (Lipinski definition) is 2. The van der Waals surface area contributed by atoms with Crippen molar-refractivity contribution in [3.05, 3.63) is 35.4 Å². The summed E-state index contributed by atoms with van der Waals surface area (Å²) in [6.07, 6.45) is 3.01. The molecule has 2 rings (SSSR count). The highest BCUT2D eigenvalue weighted by atomic mass is 16.6. The van der Waals surface area contributed by atoms with Crippen LogP contribution in [-0.2, 0) is 17.6 Å². The van der Waals surface area contributed by atoms with Gasteiger partial charge in [-0.1, -0.05) is 24.3 Å². The van der Waals surface area contributed by atoms with Crippen molar-refractivity contribution >= 4 is 6.09 Å². The number of ether oxygens (including phenoxy) is 1. The highest BCUT2D eigenvalue weighted by Gasteiger charge is 2.18. The van der Waals surface area contributed by atoms with Crippen molar-refractivity contribution in [3.63, 3.8) is 0 Å². The van der Waals surface area contributed by atoms with Crippen molar-refractivity contribution < 1.29 is 9.53 Å². The first-order chi connectivity index (χ1) is 9.94. The first-order valence-electron chi connectivity index (χ1n) is 7.71. The van der Waals surface area contributed by atoms with Gasteiger partial charge in [-0.15, -0.1) is 0 Å². The van der Waals surface area contributed by atoms with E-state index in [1.165, 1.54) is 11.1 Å². The van der Waals surface area contributed by atoms with E-state index in [1.807, 2.05) is 20.8 Å². The van der Waals surface area contributed by atoms with Crippen LogP contribution in [0.2, 0.25) is 0 Å². The molecule has 21 heavy (non-hydrogen) atoms. The van der Waals surface area contributed by atoms with Crippen molar-refractivity contribution in [2.24, 2.45) is 0 Å². The van der Waals surface area contributed by atoms with Gasteiger partial charge in [0.1, 0.15) is 5.60 Å². The minimum atomic E-state index is -0.440. The van der Waals surface area contributed by atoms with E-state index in [4.69, 9.17) is 4.74 Å². The summed E-state index contributed by atoms with van der Waals surface area (Å²) in [4.78, 5) is 11.5. The van der Waals surface area contributed by atoms with E-state index in [2.05, 4.69) is 34.9 Å². The summed E-state index contributed by atoms with van der Waals surface area (Å²) in [6, 6.07) is 9.14. The molecular formula is C17H26N2O2. The fourth-order valence-corrected chi connectivity index (χ4v) is 2.63. The van der Waals surface area contributed by atoms with Gasteiger partial charge in [-0.25, -0.2) is 4.79 Å². The van der Waals surface area contributed by atoms with Gasteiger partial charge in [0.2, 0.25) is 0 Å². The third-order valence-corrected chi connectivity index (χ3v) is 3.57. The molecule has 0 fully saturated rings. The van der Waals surface area contributed by atoms with Crippen LogP contribution in [0.1, 0.15) is 38.3 Å². The summed E-state index contributed by atoms with van der Waals surface area (Å²) in [5, 5.41) is 6.28. The fraction of sp³-hybridized carbons (Fsp3) is 0.588. The first kappa shape index (κ1) is 15.8. The smallest absolute Gasteiger partial charge is 0.407 e. The van der Waals surface area contributed by atoms with E-state index in [0.717, 1.165) is 25.8 Å². The Kier molecular flexibility index (Phi) is 5.23. The standard InChI is InChI=1S/C17H26N2O2/c1-17(2,3)21-16(20)19-11-10-18-15-9-8-13-6-4-5-7-14(13)12-15/h4-7,15,18H,8-12H2,1-3H3,(H,19,20). The Bertz CT molecular complexity index is 480. The number of amides is 1. The molecule has 1 aromatic carbocycles. The van der Waals surface area contributed by atoms with Crippen LogP contribution in [0.4, 0.5) is 4.79 Å². The maximum Gasteiger partial charge on any atom is 0.407 e. The van der Waals surface area contributed by atoms with Crippen LogP contribution in [0.25, 0.3) is 0 Å². The molecule has 1 amide bonds. The quantitative estimate of drug-likeness (QED) is 0.838. The predicted octanol–water partition coefficient (Wildman–Crippen LogP) is 2.66. The Balaban J connectivity index is 1.65. The van der Waals surface area contributed by atoms with Gasteiger partial charge < -0.3 is 15.4 Å². The van der Waals surface area contributed by atoms with Crippen molar-refractivity contribution in [2.45, 2.75) is 51.7 Å². The molecule has 116 valence electrons. The summed E-state index contributed by atoms with van der Waals surface area (Å²) in [6.45, 7) is 6.96. The Morgan fingerprint density at radius 1 is 1.24 bits per heavy atom. The van der Waals surface area contributed by atoms with Crippen molar-refractivity contribution in [3.8, 4) is 0 Å². The van der Waals surface area contributed by atoms with Crippen LogP contribution in [-0.4, -0.2) is 30.8 Å². The van der Waals surface area contributed by atoms with Gasteiger partial charge in [-0.05, 0) is 51.2 Å². The van der Waals surface area contributed by atoms with Crippen LogP contribution in [0, 0.1) is 0 Å². The van der Waals surface area contributed by atoms with E-state index in [1.54, 1.807) is 0 Å². The fourth-order valence-electron chi connectivity index (χ4n) is 2.63. The molecule has 1 unspecified atom stereocenters. The van der Waals surface area contributed by atoms with Crippen molar-refractivity contribution in [1.29, 1.82) is 0 Å². The minimum Gasteiger partial charge on any atom is -0.444 e. The lowest BCUT2D eigenvalue weighted by molar-refractivity contribution is 0.0528. The molecule has 0 saturated carbocycles. The zero-order valence-corrected chi connectivity index (χ0v) is 13.2. The zero-order valence-electron chi connectivity index (χ0n) is 13.2. The molecule has 1 aliphatic carbocycles. The van der Waals surface area contributed by atoms with Gasteiger partial charge in [0.05, 0.1) is 0 Å². The third-order valence-electron chi connectivity index (χ3n) is 3.57. The molecule has 2 N–H and O–H groups in total. The maximum absolute atomic E-state index is 11.5. The lowest BCUT2D eigenvalue weighted by atomic mass is 9.88. The number of rotatable bonds is 4. The largest absolute Gasteiger partial charge is 0.444 e. The predicted molar refractivity (Wildman–Crippen MR) is 84.5 cm³/mol. The monoisotopic (exact) mass is 290 g/mol. The molecule has 4 nitrogen and oxygen atoms in total. The van der Waals surface area contributed by atoms with Gasteiger partial charge in [0.15, 0.2) is 0 Å². The average molecular weight is 290 g/mol. The van der Waals surface area contributed by atoms with Crippen LogP contribution < -0.4 is 10.6 Å². The highest BCUT2D eigenvalue weighted by Crippen LogP contribution is 2.20. The average Bonchev–Trinajstić information content (AvgIpc) is 2.41. The Morgan fingerprint density at radius 2 is 1.95 bits per heavy atom. The molecule has 0 heterocycles. The van der Waals surface area contributed by atoms with E-state index in [0.29, 0.717) is 12.6 Å². The minimum absolute atomic E-state index is 0.349. The summed E-state index contributed by atoms with van der Waals surface area (Å²) in [7, 11) is 0. The summed E-state index contributed by atoms with van der Waals surface area (Å²) in [5.41, 5.74) is 2.48. The normalized spacial score (nSPS) is 18.0. The third kappa shape index (κ3) is 5.38. The van der Waals surface area contributed by atoms with Crippen LogP contribution in [0.15, 0.2) is 24.3 Å². The zero-order chi connectivity index (χ0) is 15.3. The second kappa shape index (κ2) is 6.94. The SMILES string of the molecule is CC(C)(C)OC(=O)NCCNC1CCc2ccccc2C1.